The van der Waals surface area contributed by atoms with Gasteiger partial charge >= 0.3 is 0 Å². The number of halogens is 1. The quantitative estimate of drug-likeness (QED) is 0.385. The van der Waals surface area contributed by atoms with Crippen LogP contribution in [0.25, 0.3) is 22.9 Å². The molecule has 1 fully saturated rings. The summed E-state index contributed by atoms with van der Waals surface area (Å²) in [6, 6.07) is 11.0. The predicted molar refractivity (Wildman–Crippen MR) is 141 cm³/mol. The van der Waals surface area contributed by atoms with Crippen molar-refractivity contribution < 1.29 is 9.59 Å². The average Bonchev–Trinajstić information content (AvgIpc) is 3.33. The number of fused-ring (bicyclic) bond motifs is 6. The first kappa shape index (κ1) is 23.9. The van der Waals surface area contributed by atoms with E-state index in [0.29, 0.717) is 34.8 Å². The first-order chi connectivity index (χ1) is 18.5. The number of pyridine rings is 2. The zero-order chi connectivity index (χ0) is 26.1. The van der Waals surface area contributed by atoms with Crippen molar-refractivity contribution in [1.29, 1.82) is 0 Å². The van der Waals surface area contributed by atoms with Crippen molar-refractivity contribution in [2.75, 3.05) is 5.32 Å². The van der Waals surface area contributed by atoms with E-state index >= 15 is 0 Å². The summed E-state index contributed by atoms with van der Waals surface area (Å²) in [5.41, 5.74) is 3.99. The van der Waals surface area contributed by atoms with Crippen molar-refractivity contribution in [2.24, 2.45) is 5.92 Å². The number of anilines is 1. The fraction of sp³-hybridized carbons (Fsp3) is 0.222. The fourth-order valence-electron chi connectivity index (χ4n) is 5.08. The first-order valence-corrected chi connectivity index (χ1v) is 12.6. The summed E-state index contributed by atoms with van der Waals surface area (Å²) < 4.78 is 1.51. The minimum absolute atomic E-state index is 0.0489. The van der Waals surface area contributed by atoms with E-state index in [1.165, 1.54) is 17.1 Å². The van der Waals surface area contributed by atoms with Gasteiger partial charge in [0.15, 0.2) is 0 Å². The van der Waals surface area contributed by atoms with Gasteiger partial charge in [0.25, 0.3) is 0 Å². The number of hydrogen-bond acceptors (Lipinski definition) is 7. The Labute approximate surface area is 223 Å². The Morgan fingerprint density at radius 2 is 2.13 bits per heavy atom. The van der Waals surface area contributed by atoms with Crippen LogP contribution in [0.5, 0.6) is 0 Å². The molecule has 2 atom stereocenters. The van der Waals surface area contributed by atoms with E-state index in [2.05, 4.69) is 36.1 Å². The number of nitrogens with zero attached hydrogens (tertiary/aromatic N) is 6. The largest absolute Gasteiger partial charge is 0.341 e. The van der Waals surface area contributed by atoms with Gasteiger partial charge in [-0.05, 0) is 83.6 Å². The highest BCUT2D eigenvalue weighted by Gasteiger charge is 2.56. The molecule has 1 aliphatic heterocycles. The van der Waals surface area contributed by atoms with E-state index in [1.807, 2.05) is 18.2 Å². The maximum absolute atomic E-state index is 13.2. The van der Waals surface area contributed by atoms with Crippen LogP contribution in [0.2, 0.25) is 5.02 Å². The third kappa shape index (κ3) is 4.66. The molecule has 2 bridgehead atoms. The van der Waals surface area contributed by atoms with Gasteiger partial charge in [-0.15, -0.1) is 5.10 Å². The molecule has 6 rings (SSSR count). The highest BCUT2D eigenvalue weighted by Crippen LogP contribution is 2.54. The van der Waals surface area contributed by atoms with Gasteiger partial charge < -0.3 is 10.6 Å². The van der Waals surface area contributed by atoms with Crippen LogP contribution in [0.15, 0.2) is 67.4 Å². The molecule has 4 heterocycles. The van der Waals surface area contributed by atoms with Crippen molar-refractivity contribution in [3.05, 3.63) is 83.7 Å². The molecule has 1 saturated carbocycles. The van der Waals surface area contributed by atoms with E-state index in [1.54, 1.807) is 42.9 Å². The molecule has 2 amide bonds. The zero-order valence-corrected chi connectivity index (χ0v) is 21.0. The molecule has 11 heteroatoms. The van der Waals surface area contributed by atoms with Crippen molar-refractivity contribution in [3.8, 4) is 16.8 Å². The van der Waals surface area contributed by atoms with E-state index in [0.717, 1.165) is 29.7 Å². The SMILES string of the molecule is O=C(/C=C/c1cc(Cl)ccc1-n1cnnn1)NC12CC1CCCC(=O)Nc1cnccc1-c1ccnc2c1. The van der Waals surface area contributed by atoms with Crippen LogP contribution in [0.4, 0.5) is 5.69 Å². The molecule has 190 valence electrons. The van der Waals surface area contributed by atoms with E-state index in [-0.39, 0.29) is 17.7 Å². The molecule has 1 aromatic carbocycles. The Hall–Kier alpha value is -4.44. The molecule has 3 aromatic heterocycles. The maximum atomic E-state index is 13.2. The number of rotatable bonds is 4. The lowest BCUT2D eigenvalue weighted by Gasteiger charge is -2.21. The smallest absolute Gasteiger partial charge is 0.244 e. The molecule has 0 radical (unpaired) electrons. The molecule has 1 aliphatic carbocycles. The van der Waals surface area contributed by atoms with Gasteiger partial charge in [0.05, 0.1) is 28.8 Å². The predicted octanol–water partition coefficient (Wildman–Crippen LogP) is 3.94. The van der Waals surface area contributed by atoms with Crippen LogP contribution in [0.3, 0.4) is 0 Å². The lowest BCUT2D eigenvalue weighted by molar-refractivity contribution is -0.118. The molecule has 4 aromatic rings. The molecule has 2 N–H and O–H groups in total. The molecule has 2 unspecified atom stereocenters. The lowest BCUT2D eigenvalue weighted by atomic mass is 9.99. The second kappa shape index (κ2) is 9.79. The second-order valence-corrected chi connectivity index (χ2v) is 9.88. The van der Waals surface area contributed by atoms with E-state index in [4.69, 9.17) is 11.6 Å². The summed E-state index contributed by atoms with van der Waals surface area (Å²) in [5, 5.41) is 18.0. The van der Waals surface area contributed by atoms with Crippen molar-refractivity contribution in [3.63, 3.8) is 0 Å². The van der Waals surface area contributed by atoms with E-state index < -0.39 is 5.54 Å². The van der Waals surface area contributed by atoms with Gasteiger partial charge in [0.1, 0.15) is 6.33 Å². The zero-order valence-electron chi connectivity index (χ0n) is 20.2. The Balaban J connectivity index is 1.31. The Bertz CT molecular complexity index is 1550. The van der Waals surface area contributed by atoms with Crippen LogP contribution < -0.4 is 10.6 Å². The van der Waals surface area contributed by atoms with Gasteiger partial charge in [-0.1, -0.05) is 11.6 Å². The minimum atomic E-state index is -0.604. The van der Waals surface area contributed by atoms with Gasteiger partial charge in [-0.3, -0.25) is 19.6 Å². The molecule has 2 aliphatic rings. The minimum Gasteiger partial charge on any atom is -0.341 e. The normalized spacial score (nSPS) is 20.4. The highest BCUT2D eigenvalue weighted by molar-refractivity contribution is 6.30. The van der Waals surface area contributed by atoms with Crippen molar-refractivity contribution >= 4 is 35.2 Å². The molecule has 10 nitrogen and oxygen atoms in total. The number of nitrogens with one attached hydrogen (secondary N) is 2. The van der Waals surface area contributed by atoms with Crippen LogP contribution in [0.1, 0.15) is 36.9 Å². The van der Waals surface area contributed by atoms with Gasteiger partial charge in [0.2, 0.25) is 11.8 Å². The monoisotopic (exact) mass is 526 g/mol. The van der Waals surface area contributed by atoms with Crippen molar-refractivity contribution in [2.45, 2.75) is 31.2 Å². The third-order valence-corrected chi connectivity index (χ3v) is 7.27. The van der Waals surface area contributed by atoms with Crippen molar-refractivity contribution in [1.82, 2.24) is 35.5 Å². The second-order valence-electron chi connectivity index (χ2n) is 9.44. The molecule has 0 saturated heterocycles. The number of carbonyl (C=O) groups excluding carboxylic acids is 2. The Kier molecular flexibility index (Phi) is 6.16. The summed E-state index contributed by atoms with van der Waals surface area (Å²) in [7, 11) is 0. The lowest BCUT2D eigenvalue weighted by Crippen LogP contribution is -2.36. The molecular weight excluding hydrogens is 504 g/mol. The number of hydrogen-bond donors (Lipinski definition) is 2. The number of aromatic nitrogens is 6. The number of amides is 2. The maximum Gasteiger partial charge on any atom is 0.244 e. The average molecular weight is 527 g/mol. The third-order valence-electron chi connectivity index (χ3n) is 7.03. The fourth-order valence-corrected chi connectivity index (χ4v) is 5.27. The summed E-state index contributed by atoms with van der Waals surface area (Å²) in [4.78, 5) is 34.6. The molecule has 0 spiro atoms. The van der Waals surface area contributed by atoms with Crippen LogP contribution >= 0.6 is 11.6 Å². The Morgan fingerprint density at radius 3 is 3.00 bits per heavy atom. The first-order valence-electron chi connectivity index (χ1n) is 12.3. The van der Waals surface area contributed by atoms with Crippen LogP contribution in [0, 0.1) is 5.92 Å². The summed E-state index contributed by atoms with van der Waals surface area (Å²) in [6.45, 7) is 0. The van der Waals surface area contributed by atoms with Gasteiger partial charge in [-0.2, -0.15) is 4.68 Å². The topological polar surface area (TPSA) is 128 Å². The summed E-state index contributed by atoms with van der Waals surface area (Å²) in [5.74, 6) is -0.126. The van der Waals surface area contributed by atoms with Gasteiger partial charge in [-0.25, -0.2) is 0 Å². The highest BCUT2D eigenvalue weighted by atomic mass is 35.5. The van der Waals surface area contributed by atoms with Gasteiger partial charge in [0, 0.05) is 41.0 Å². The number of tetrazole rings is 1. The summed E-state index contributed by atoms with van der Waals surface area (Å²) >= 11 is 6.21. The van der Waals surface area contributed by atoms with Crippen LogP contribution in [-0.2, 0) is 15.1 Å². The standard InChI is InChI=1S/C27H23ClN8O2/c28-20-5-6-23(36-16-31-34-35-36)18(12-20)4-7-26(38)33-27-14-19(27)2-1-3-25(37)32-22-15-29-10-9-21(22)17-8-11-30-24(27)13-17/h4-13,15-16,19H,1-3,14H2,(H,32,37)(H,33,38)/b7-4+. The number of benzene rings is 1. The molecule has 38 heavy (non-hydrogen) atoms. The van der Waals surface area contributed by atoms with Crippen LogP contribution in [-0.4, -0.2) is 42.0 Å². The van der Waals surface area contributed by atoms with E-state index in [9.17, 15) is 9.59 Å². The molecular formula is C27H23ClN8O2. The number of carbonyl (C=O) groups is 2. The summed E-state index contributed by atoms with van der Waals surface area (Å²) in [6.07, 6.45) is 12.4. The Morgan fingerprint density at radius 1 is 1.21 bits per heavy atom.